The fraction of sp³-hybridized carbons (Fsp3) is 0.263. The second-order valence-electron chi connectivity index (χ2n) is 5.36. The van der Waals surface area contributed by atoms with Crippen molar-refractivity contribution in [3.05, 3.63) is 59.7 Å². The maximum absolute atomic E-state index is 12.4. The number of ketones is 2. The van der Waals surface area contributed by atoms with Crippen molar-refractivity contribution < 1.29 is 19.1 Å². The molecule has 0 aromatic heterocycles. The van der Waals surface area contributed by atoms with Crippen molar-refractivity contribution in [1.82, 2.24) is 0 Å². The summed E-state index contributed by atoms with van der Waals surface area (Å²) < 4.78 is 10.1. The van der Waals surface area contributed by atoms with Crippen LogP contribution in [0.4, 0.5) is 0 Å². The first kappa shape index (κ1) is 19.3. The van der Waals surface area contributed by atoms with Crippen molar-refractivity contribution in [2.45, 2.75) is 17.2 Å². The molecule has 0 aliphatic carbocycles. The van der Waals surface area contributed by atoms with E-state index in [9.17, 15) is 9.59 Å². The van der Waals surface area contributed by atoms with Crippen LogP contribution < -0.4 is 9.47 Å². The van der Waals surface area contributed by atoms with Crippen molar-refractivity contribution in [2.24, 2.45) is 0 Å². The standard InChI is InChI=1S/C19H18Cl2O4/c1-24-14-7-3-12(4-8-14)18(22)16(20)11-17(21)19(23)13-5-9-15(25-2)10-6-13/h3-10,16-17H,11H2,1-2H3. The second-order valence-corrected chi connectivity index (χ2v) is 6.41. The van der Waals surface area contributed by atoms with Gasteiger partial charge in [0.15, 0.2) is 11.6 Å². The van der Waals surface area contributed by atoms with Crippen LogP contribution in [-0.4, -0.2) is 36.5 Å². The molecule has 0 saturated heterocycles. The lowest BCUT2D eigenvalue weighted by molar-refractivity contribution is 0.0963. The summed E-state index contributed by atoms with van der Waals surface area (Å²) in [7, 11) is 3.09. The normalized spacial score (nSPS) is 13.0. The van der Waals surface area contributed by atoms with Crippen LogP contribution in [0, 0.1) is 0 Å². The van der Waals surface area contributed by atoms with Gasteiger partial charge in [-0.2, -0.15) is 0 Å². The molecule has 0 radical (unpaired) electrons. The molecule has 0 N–H and O–H groups in total. The van der Waals surface area contributed by atoms with E-state index in [2.05, 4.69) is 0 Å². The van der Waals surface area contributed by atoms with E-state index in [0.29, 0.717) is 22.6 Å². The Kier molecular flexibility index (Phi) is 6.85. The fourth-order valence-corrected chi connectivity index (χ4v) is 2.97. The summed E-state index contributed by atoms with van der Waals surface area (Å²) >= 11 is 12.4. The largest absolute Gasteiger partial charge is 0.497 e. The number of Topliss-reactive ketones (excluding diaryl/α,β-unsaturated/α-hetero) is 2. The van der Waals surface area contributed by atoms with Gasteiger partial charge in [-0.1, -0.05) is 0 Å². The van der Waals surface area contributed by atoms with Crippen LogP contribution in [0.15, 0.2) is 48.5 Å². The van der Waals surface area contributed by atoms with Gasteiger partial charge in [0.1, 0.15) is 11.5 Å². The molecule has 6 heteroatoms. The third-order valence-corrected chi connectivity index (χ3v) is 4.48. The van der Waals surface area contributed by atoms with E-state index in [-0.39, 0.29) is 18.0 Å². The molecule has 2 aromatic carbocycles. The predicted molar refractivity (Wildman–Crippen MR) is 98.5 cm³/mol. The molecule has 0 saturated carbocycles. The van der Waals surface area contributed by atoms with Gasteiger partial charge in [-0.15, -0.1) is 23.2 Å². The molecule has 0 aliphatic heterocycles. The van der Waals surface area contributed by atoms with Crippen LogP contribution in [0.2, 0.25) is 0 Å². The zero-order chi connectivity index (χ0) is 18.4. The Morgan fingerprint density at radius 3 is 1.36 bits per heavy atom. The van der Waals surface area contributed by atoms with Gasteiger partial charge < -0.3 is 9.47 Å². The molecule has 2 atom stereocenters. The Bertz CT molecular complexity index is 663. The SMILES string of the molecule is COc1ccc(C(=O)C(Cl)CC(Cl)C(=O)c2ccc(OC)cc2)cc1. The van der Waals surface area contributed by atoms with E-state index in [1.54, 1.807) is 62.8 Å². The molecule has 2 aromatic rings. The number of rotatable bonds is 8. The molecule has 25 heavy (non-hydrogen) atoms. The third-order valence-electron chi connectivity index (χ3n) is 3.73. The van der Waals surface area contributed by atoms with E-state index in [1.807, 2.05) is 0 Å². The Morgan fingerprint density at radius 2 is 1.08 bits per heavy atom. The van der Waals surface area contributed by atoms with Crippen LogP contribution in [0.3, 0.4) is 0 Å². The van der Waals surface area contributed by atoms with Gasteiger partial charge in [0.25, 0.3) is 0 Å². The summed E-state index contributed by atoms with van der Waals surface area (Å²) in [5, 5.41) is -1.78. The zero-order valence-electron chi connectivity index (χ0n) is 13.9. The number of ether oxygens (including phenoxy) is 2. The highest BCUT2D eigenvalue weighted by Gasteiger charge is 2.26. The number of hydrogen-bond acceptors (Lipinski definition) is 4. The van der Waals surface area contributed by atoms with E-state index < -0.39 is 10.8 Å². The molecular weight excluding hydrogens is 363 g/mol. The monoisotopic (exact) mass is 380 g/mol. The summed E-state index contributed by atoms with van der Waals surface area (Å²) in [4.78, 5) is 24.7. The third kappa shape index (κ3) is 4.97. The van der Waals surface area contributed by atoms with Crippen molar-refractivity contribution in [3.63, 3.8) is 0 Å². The molecule has 0 amide bonds. The summed E-state index contributed by atoms with van der Waals surface area (Å²) in [6, 6.07) is 13.2. The first-order valence-corrected chi connectivity index (χ1v) is 8.48. The van der Waals surface area contributed by atoms with Crippen molar-refractivity contribution in [2.75, 3.05) is 14.2 Å². The van der Waals surface area contributed by atoms with Crippen molar-refractivity contribution in [3.8, 4) is 11.5 Å². The minimum Gasteiger partial charge on any atom is -0.497 e. The number of halogens is 2. The molecule has 4 nitrogen and oxygen atoms in total. The minimum absolute atomic E-state index is 0.0405. The number of carbonyl (C=O) groups is 2. The first-order chi connectivity index (χ1) is 12.0. The molecule has 0 bridgehead atoms. The molecule has 132 valence electrons. The van der Waals surface area contributed by atoms with E-state index in [0.717, 1.165) is 0 Å². The first-order valence-electron chi connectivity index (χ1n) is 7.61. The fourth-order valence-electron chi connectivity index (χ4n) is 2.27. The second kappa shape index (κ2) is 8.88. The lowest BCUT2D eigenvalue weighted by Crippen LogP contribution is -2.24. The van der Waals surface area contributed by atoms with Gasteiger partial charge in [-0.25, -0.2) is 0 Å². The highest BCUT2D eigenvalue weighted by molar-refractivity contribution is 6.37. The maximum atomic E-state index is 12.4. The summed E-state index contributed by atoms with van der Waals surface area (Å²) in [6.45, 7) is 0. The Hall–Kier alpha value is -2.04. The zero-order valence-corrected chi connectivity index (χ0v) is 15.4. The Labute approximate surface area is 156 Å². The summed E-state index contributed by atoms with van der Waals surface area (Å²) in [5.74, 6) is 0.732. The smallest absolute Gasteiger partial charge is 0.180 e. The minimum atomic E-state index is -0.891. The maximum Gasteiger partial charge on any atom is 0.180 e. The van der Waals surface area contributed by atoms with E-state index in [4.69, 9.17) is 32.7 Å². The number of methoxy groups -OCH3 is 2. The molecule has 2 unspecified atom stereocenters. The van der Waals surface area contributed by atoms with Crippen LogP contribution in [0.5, 0.6) is 11.5 Å². The quantitative estimate of drug-likeness (QED) is 0.503. The molecule has 2 rings (SSSR count). The highest BCUT2D eigenvalue weighted by atomic mass is 35.5. The molecule has 0 aliphatic rings. The highest BCUT2D eigenvalue weighted by Crippen LogP contribution is 2.22. The van der Waals surface area contributed by atoms with E-state index in [1.165, 1.54) is 0 Å². The van der Waals surface area contributed by atoms with Crippen LogP contribution in [0.1, 0.15) is 27.1 Å². The average Bonchev–Trinajstić information content (AvgIpc) is 2.66. The van der Waals surface area contributed by atoms with Crippen molar-refractivity contribution >= 4 is 34.8 Å². The molecule has 0 fully saturated rings. The average molecular weight is 381 g/mol. The lowest BCUT2D eigenvalue weighted by atomic mass is 10.0. The number of carbonyl (C=O) groups excluding carboxylic acids is 2. The Balaban J connectivity index is 2.00. The summed E-state index contributed by atoms with van der Waals surface area (Å²) in [6.07, 6.45) is 0.0405. The van der Waals surface area contributed by atoms with Crippen LogP contribution in [-0.2, 0) is 0 Å². The van der Waals surface area contributed by atoms with Crippen LogP contribution in [0.25, 0.3) is 0 Å². The van der Waals surface area contributed by atoms with Gasteiger partial charge in [0.2, 0.25) is 0 Å². The predicted octanol–water partition coefficient (Wildman–Crippen LogP) is 4.37. The molecule has 0 heterocycles. The molecule has 0 spiro atoms. The van der Waals surface area contributed by atoms with Gasteiger partial charge >= 0.3 is 0 Å². The van der Waals surface area contributed by atoms with E-state index >= 15 is 0 Å². The molecular formula is C19H18Cl2O4. The number of alkyl halides is 2. The van der Waals surface area contributed by atoms with Gasteiger partial charge in [-0.3, -0.25) is 9.59 Å². The Morgan fingerprint density at radius 1 is 0.760 bits per heavy atom. The summed E-state index contributed by atoms with van der Waals surface area (Å²) in [5.41, 5.74) is 0.892. The van der Waals surface area contributed by atoms with Gasteiger partial charge in [0.05, 0.1) is 25.0 Å². The van der Waals surface area contributed by atoms with Gasteiger partial charge in [0, 0.05) is 11.1 Å². The lowest BCUT2D eigenvalue weighted by Gasteiger charge is -2.13. The van der Waals surface area contributed by atoms with Crippen LogP contribution >= 0.6 is 23.2 Å². The van der Waals surface area contributed by atoms with Crippen molar-refractivity contribution in [1.29, 1.82) is 0 Å². The topological polar surface area (TPSA) is 52.6 Å². The number of hydrogen-bond donors (Lipinski definition) is 0. The number of benzene rings is 2. The van der Waals surface area contributed by atoms with Gasteiger partial charge in [-0.05, 0) is 55.0 Å².